The molecule has 0 aliphatic carbocycles. The molecule has 7 nitrogen and oxygen atoms in total. The highest BCUT2D eigenvalue weighted by Crippen LogP contribution is 2.29. The average molecular weight is 708 g/mol. The van der Waals surface area contributed by atoms with Crippen molar-refractivity contribution < 1.29 is 18.0 Å². The van der Waals surface area contributed by atoms with E-state index in [0.717, 1.165) is 9.87 Å². The smallest absolute Gasteiger partial charge is 0.264 e. The van der Waals surface area contributed by atoms with Crippen LogP contribution in [0.3, 0.4) is 0 Å². The van der Waals surface area contributed by atoms with Crippen LogP contribution < -0.4 is 9.62 Å². The molecule has 0 aromatic heterocycles. The van der Waals surface area contributed by atoms with Crippen molar-refractivity contribution in [3.63, 3.8) is 0 Å². The first-order valence-corrected chi connectivity index (χ1v) is 16.9. The summed E-state index contributed by atoms with van der Waals surface area (Å²) in [7, 11) is -4.30. The average Bonchev–Trinajstić information content (AvgIpc) is 2.99. The zero-order valence-electron chi connectivity index (χ0n) is 24.5. The van der Waals surface area contributed by atoms with Gasteiger partial charge in [-0.2, -0.15) is 0 Å². The van der Waals surface area contributed by atoms with E-state index < -0.39 is 34.4 Å². The molecule has 4 aromatic carbocycles. The minimum Gasteiger partial charge on any atom is -0.352 e. The van der Waals surface area contributed by atoms with Crippen LogP contribution in [0.2, 0.25) is 20.1 Å². The van der Waals surface area contributed by atoms with Crippen LogP contribution in [-0.4, -0.2) is 43.8 Å². The number of hydrogen-bond donors (Lipinski definition) is 1. The second kappa shape index (κ2) is 15.3. The minimum absolute atomic E-state index is 0.0525. The van der Waals surface area contributed by atoms with E-state index in [1.54, 1.807) is 36.4 Å². The van der Waals surface area contributed by atoms with Gasteiger partial charge in [0.15, 0.2) is 0 Å². The predicted octanol–water partition coefficient (Wildman–Crippen LogP) is 7.66. The molecular formula is C33H31Cl4N3O4S. The molecule has 0 unspecified atom stereocenters. The lowest BCUT2D eigenvalue weighted by molar-refractivity contribution is -0.140. The number of anilines is 1. The van der Waals surface area contributed by atoms with E-state index in [0.29, 0.717) is 15.6 Å². The second-order valence-electron chi connectivity index (χ2n) is 10.6. The third kappa shape index (κ3) is 9.15. The van der Waals surface area contributed by atoms with Crippen LogP contribution >= 0.6 is 46.4 Å². The Bertz CT molecular complexity index is 1750. The molecule has 0 radical (unpaired) electrons. The van der Waals surface area contributed by atoms with Crippen LogP contribution in [-0.2, 0) is 32.6 Å². The number of benzene rings is 4. The molecule has 0 aliphatic rings. The summed E-state index contributed by atoms with van der Waals surface area (Å²) in [6.07, 6.45) is 0.174. The third-order valence-electron chi connectivity index (χ3n) is 6.82. The zero-order valence-corrected chi connectivity index (χ0v) is 28.3. The van der Waals surface area contributed by atoms with Gasteiger partial charge in [-0.3, -0.25) is 13.9 Å². The molecule has 0 saturated carbocycles. The molecule has 45 heavy (non-hydrogen) atoms. The highest BCUT2D eigenvalue weighted by Gasteiger charge is 2.35. The Labute approximate surface area is 283 Å². The normalized spacial score (nSPS) is 12.1. The molecule has 0 saturated heterocycles. The van der Waals surface area contributed by atoms with E-state index >= 15 is 0 Å². The highest BCUT2D eigenvalue weighted by atomic mass is 35.5. The summed E-state index contributed by atoms with van der Waals surface area (Å²) >= 11 is 24.8. The van der Waals surface area contributed by atoms with Gasteiger partial charge in [-0.15, -0.1) is 0 Å². The van der Waals surface area contributed by atoms with Crippen molar-refractivity contribution in [3.8, 4) is 0 Å². The third-order valence-corrected chi connectivity index (χ3v) is 9.83. The van der Waals surface area contributed by atoms with E-state index in [-0.39, 0.29) is 39.6 Å². The van der Waals surface area contributed by atoms with Crippen molar-refractivity contribution in [2.75, 3.05) is 10.8 Å². The summed E-state index contributed by atoms with van der Waals surface area (Å²) in [4.78, 5) is 29.5. The molecule has 4 rings (SSSR count). The Kier molecular flexibility index (Phi) is 11.8. The van der Waals surface area contributed by atoms with Crippen LogP contribution in [0.1, 0.15) is 25.0 Å². The second-order valence-corrected chi connectivity index (χ2v) is 14.1. The Morgan fingerprint density at radius 3 is 2.07 bits per heavy atom. The highest BCUT2D eigenvalue weighted by molar-refractivity contribution is 7.92. The number of carbonyl (C=O) groups is 2. The molecule has 0 heterocycles. The van der Waals surface area contributed by atoms with Crippen LogP contribution in [0.4, 0.5) is 5.69 Å². The monoisotopic (exact) mass is 705 g/mol. The van der Waals surface area contributed by atoms with Gasteiger partial charge in [0.1, 0.15) is 12.6 Å². The summed E-state index contributed by atoms with van der Waals surface area (Å²) in [6, 6.07) is 24.8. The standard InChI is InChI=1S/C33H31Cl4N3O4S/c1-22(2)38-33(42)31(18-23-7-4-3-5-8-23)39(20-24-11-16-29(36)30(37)17-24)32(41)21-40(27-10-6-9-26(35)19-27)45(43,44)28-14-12-25(34)13-15-28/h3-17,19,22,31H,18,20-21H2,1-2H3,(H,38,42)/t31-/m1/s1. The molecule has 1 N–H and O–H groups in total. The molecule has 0 spiro atoms. The quantitative estimate of drug-likeness (QED) is 0.164. The first-order valence-electron chi connectivity index (χ1n) is 14.0. The number of hydrogen-bond acceptors (Lipinski definition) is 4. The fourth-order valence-electron chi connectivity index (χ4n) is 4.66. The fourth-order valence-corrected chi connectivity index (χ4v) is 6.70. The summed E-state index contributed by atoms with van der Waals surface area (Å²) in [5.74, 6) is -1.02. The molecule has 236 valence electrons. The lowest BCUT2D eigenvalue weighted by atomic mass is 10.0. The van der Waals surface area contributed by atoms with Crippen molar-refractivity contribution in [1.29, 1.82) is 0 Å². The Hall–Kier alpha value is -3.27. The van der Waals surface area contributed by atoms with Gasteiger partial charge < -0.3 is 10.2 Å². The maximum Gasteiger partial charge on any atom is 0.264 e. The lowest BCUT2D eigenvalue weighted by Gasteiger charge is -2.34. The summed E-state index contributed by atoms with van der Waals surface area (Å²) in [6.45, 7) is 2.96. The van der Waals surface area contributed by atoms with E-state index in [4.69, 9.17) is 46.4 Å². The first kappa shape index (κ1) is 34.6. The van der Waals surface area contributed by atoms with Gasteiger partial charge >= 0.3 is 0 Å². The number of nitrogens with zero attached hydrogens (tertiary/aromatic N) is 2. The van der Waals surface area contributed by atoms with Crippen molar-refractivity contribution >= 4 is 73.9 Å². The number of rotatable bonds is 12. The van der Waals surface area contributed by atoms with Crippen molar-refractivity contribution in [2.24, 2.45) is 0 Å². The summed E-state index contributed by atoms with van der Waals surface area (Å²) in [5, 5.41) is 4.16. The molecule has 0 bridgehead atoms. The topological polar surface area (TPSA) is 86.8 Å². The van der Waals surface area contributed by atoms with Gasteiger partial charge in [-0.05, 0) is 79.6 Å². The van der Waals surface area contributed by atoms with Gasteiger partial charge in [0, 0.05) is 29.1 Å². The van der Waals surface area contributed by atoms with E-state index in [9.17, 15) is 18.0 Å². The number of sulfonamides is 1. The SMILES string of the molecule is CC(C)NC(=O)[C@@H](Cc1ccccc1)N(Cc1ccc(Cl)c(Cl)c1)C(=O)CN(c1cccc(Cl)c1)S(=O)(=O)c1ccc(Cl)cc1. The van der Waals surface area contributed by atoms with Crippen LogP contribution in [0, 0.1) is 0 Å². The zero-order chi connectivity index (χ0) is 32.7. The minimum atomic E-state index is -4.30. The molecule has 12 heteroatoms. The van der Waals surface area contributed by atoms with E-state index in [2.05, 4.69) is 5.32 Å². The molecule has 2 amide bonds. The molecular weight excluding hydrogens is 676 g/mol. The predicted molar refractivity (Wildman–Crippen MR) is 182 cm³/mol. The van der Waals surface area contributed by atoms with Crippen molar-refractivity contribution in [1.82, 2.24) is 10.2 Å². The van der Waals surface area contributed by atoms with Crippen LogP contribution in [0.25, 0.3) is 0 Å². The number of halogens is 4. The van der Waals surface area contributed by atoms with Gasteiger partial charge in [0.2, 0.25) is 11.8 Å². The van der Waals surface area contributed by atoms with E-state index in [1.165, 1.54) is 35.2 Å². The van der Waals surface area contributed by atoms with E-state index in [1.807, 2.05) is 44.2 Å². The van der Waals surface area contributed by atoms with Crippen LogP contribution in [0.5, 0.6) is 0 Å². The van der Waals surface area contributed by atoms with Gasteiger partial charge in [-0.25, -0.2) is 8.42 Å². The molecule has 4 aromatic rings. The van der Waals surface area contributed by atoms with Gasteiger partial charge in [0.25, 0.3) is 10.0 Å². The Morgan fingerprint density at radius 1 is 0.756 bits per heavy atom. The van der Waals surface area contributed by atoms with Crippen molar-refractivity contribution in [3.05, 3.63) is 128 Å². The molecule has 0 fully saturated rings. The Morgan fingerprint density at radius 2 is 1.44 bits per heavy atom. The summed E-state index contributed by atoms with van der Waals surface area (Å²) < 4.78 is 29.1. The van der Waals surface area contributed by atoms with Gasteiger partial charge in [-0.1, -0.05) is 88.9 Å². The fraction of sp³-hybridized carbons (Fsp3) is 0.212. The number of nitrogens with one attached hydrogen (secondary N) is 1. The van der Waals surface area contributed by atoms with Gasteiger partial charge in [0.05, 0.1) is 20.6 Å². The van der Waals surface area contributed by atoms with Crippen molar-refractivity contribution in [2.45, 2.75) is 43.8 Å². The molecule has 0 aliphatic heterocycles. The number of amides is 2. The maximum absolute atomic E-state index is 14.4. The molecule has 1 atom stereocenters. The van der Waals surface area contributed by atoms with Crippen LogP contribution in [0.15, 0.2) is 102 Å². The summed E-state index contributed by atoms with van der Waals surface area (Å²) in [5.41, 5.74) is 1.59. The number of carbonyl (C=O) groups excluding carboxylic acids is 2. The largest absolute Gasteiger partial charge is 0.352 e. The maximum atomic E-state index is 14.4. The first-order chi connectivity index (χ1) is 21.3. The Balaban J connectivity index is 1.82. The lowest BCUT2D eigenvalue weighted by Crippen LogP contribution is -2.54.